The highest BCUT2D eigenvalue weighted by Crippen LogP contribution is 2.36. The van der Waals surface area contributed by atoms with Crippen molar-refractivity contribution in [1.29, 1.82) is 0 Å². The number of hydrogen-bond donors (Lipinski definition) is 1. The lowest BCUT2D eigenvalue weighted by atomic mass is 10.1. The highest BCUT2D eigenvalue weighted by molar-refractivity contribution is 8.13. The zero-order valence-corrected chi connectivity index (χ0v) is 18.4. The number of para-hydroxylation sites is 1. The van der Waals surface area contributed by atoms with Crippen molar-refractivity contribution in [3.8, 4) is 11.5 Å². The van der Waals surface area contributed by atoms with Gasteiger partial charge in [0.2, 0.25) is 0 Å². The molecule has 0 atom stereocenters. The number of anilines is 1. The Morgan fingerprint density at radius 2 is 1.84 bits per heavy atom. The van der Waals surface area contributed by atoms with Gasteiger partial charge in [0, 0.05) is 32.2 Å². The summed E-state index contributed by atoms with van der Waals surface area (Å²) in [5.41, 5.74) is -0.304. The Morgan fingerprint density at radius 1 is 1.13 bits per heavy atom. The number of rotatable bonds is 9. The van der Waals surface area contributed by atoms with Gasteiger partial charge < -0.3 is 24.4 Å². The molecule has 2 rings (SSSR count). The molecular formula is C20H23N3O7S. The van der Waals surface area contributed by atoms with E-state index in [9.17, 15) is 19.7 Å². The van der Waals surface area contributed by atoms with Gasteiger partial charge in [-0.25, -0.2) is 0 Å². The summed E-state index contributed by atoms with van der Waals surface area (Å²) in [6.45, 7) is 0.430. The van der Waals surface area contributed by atoms with Crippen molar-refractivity contribution in [2.45, 2.75) is 4.90 Å². The SMILES string of the molecule is COCCOc1cc([N+](=O)[O-])c(C(=O)Nc2ccccc2SC(=O)N(C)C)cc1OC. The molecule has 166 valence electrons. The van der Waals surface area contributed by atoms with Crippen LogP contribution in [0.2, 0.25) is 0 Å². The summed E-state index contributed by atoms with van der Waals surface area (Å²) < 4.78 is 15.6. The maximum Gasteiger partial charge on any atom is 0.286 e. The number of nitrogens with zero attached hydrogens (tertiary/aromatic N) is 2. The number of nitrogens with one attached hydrogen (secondary N) is 1. The van der Waals surface area contributed by atoms with Crippen LogP contribution in [0.5, 0.6) is 11.5 Å². The second kappa shape index (κ2) is 11.2. The third-order valence-electron chi connectivity index (χ3n) is 3.97. The zero-order chi connectivity index (χ0) is 23.0. The summed E-state index contributed by atoms with van der Waals surface area (Å²) in [6, 6.07) is 9.06. The number of carbonyl (C=O) groups excluding carboxylic acids is 2. The Labute approximate surface area is 183 Å². The fraction of sp³-hybridized carbons (Fsp3) is 0.300. The quantitative estimate of drug-likeness (QED) is 0.267. The van der Waals surface area contributed by atoms with Crippen molar-refractivity contribution in [3.05, 3.63) is 52.1 Å². The molecule has 0 aliphatic heterocycles. The number of nitro groups is 1. The summed E-state index contributed by atoms with van der Waals surface area (Å²) in [6.07, 6.45) is 0. The van der Waals surface area contributed by atoms with Gasteiger partial charge in [-0.2, -0.15) is 0 Å². The fourth-order valence-electron chi connectivity index (χ4n) is 2.42. The van der Waals surface area contributed by atoms with Crippen LogP contribution in [0.1, 0.15) is 10.4 Å². The van der Waals surface area contributed by atoms with E-state index in [2.05, 4.69) is 5.32 Å². The summed E-state index contributed by atoms with van der Waals surface area (Å²) in [4.78, 5) is 37.8. The van der Waals surface area contributed by atoms with Gasteiger partial charge in [0.25, 0.3) is 16.8 Å². The first-order valence-electron chi connectivity index (χ1n) is 9.06. The number of benzene rings is 2. The van der Waals surface area contributed by atoms with Crippen LogP contribution in [0, 0.1) is 10.1 Å². The van der Waals surface area contributed by atoms with E-state index >= 15 is 0 Å². The van der Waals surface area contributed by atoms with Crippen molar-refractivity contribution in [2.24, 2.45) is 0 Å². The highest BCUT2D eigenvalue weighted by atomic mass is 32.2. The van der Waals surface area contributed by atoms with E-state index in [0.29, 0.717) is 10.6 Å². The Balaban J connectivity index is 2.37. The van der Waals surface area contributed by atoms with Gasteiger partial charge in [-0.1, -0.05) is 12.1 Å². The smallest absolute Gasteiger partial charge is 0.286 e. The van der Waals surface area contributed by atoms with Crippen LogP contribution >= 0.6 is 11.8 Å². The number of thioether (sulfide) groups is 1. The predicted molar refractivity (Wildman–Crippen MR) is 116 cm³/mol. The molecule has 10 nitrogen and oxygen atoms in total. The van der Waals surface area contributed by atoms with Gasteiger partial charge in [-0.3, -0.25) is 19.7 Å². The predicted octanol–water partition coefficient (Wildman–Crippen LogP) is 3.65. The second-order valence-electron chi connectivity index (χ2n) is 6.33. The Bertz CT molecular complexity index is 966. The standard InChI is InChI=1S/C20H23N3O7S/c1-22(2)20(25)31-18-8-6-5-7-14(18)21-19(24)13-11-16(29-4)17(30-10-9-28-3)12-15(13)23(26)27/h5-8,11-12H,9-10H2,1-4H3,(H,21,24). The lowest BCUT2D eigenvalue weighted by Gasteiger charge is -2.14. The molecule has 1 N–H and O–H groups in total. The number of hydrogen-bond acceptors (Lipinski definition) is 8. The van der Waals surface area contributed by atoms with E-state index < -0.39 is 16.5 Å². The molecule has 0 saturated heterocycles. The molecule has 0 aliphatic carbocycles. The first-order chi connectivity index (χ1) is 14.8. The van der Waals surface area contributed by atoms with Crippen LogP contribution in [0.3, 0.4) is 0 Å². The largest absolute Gasteiger partial charge is 0.493 e. The molecule has 2 aromatic carbocycles. The van der Waals surface area contributed by atoms with Gasteiger partial charge in [0.05, 0.1) is 30.4 Å². The maximum atomic E-state index is 12.9. The molecule has 0 bridgehead atoms. The average Bonchev–Trinajstić information content (AvgIpc) is 2.74. The molecule has 0 aliphatic rings. The van der Waals surface area contributed by atoms with E-state index in [1.807, 2.05) is 0 Å². The van der Waals surface area contributed by atoms with Crippen LogP contribution in [-0.4, -0.2) is 62.5 Å². The minimum atomic E-state index is -0.723. The zero-order valence-electron chi connectivity index (χ0n) is 17.5. The second-order valence-corrected chi connectivity index (χ2v) is 7.32. The fourth-order valence-corrected chi connectivity index (χ4v) is 3.17. The molecule has 0 aromatic heterocycles. The van der Waals surface area contributed by atoms with Gasteiger partial charge in [0.1, 0.15) is 12.2 Å². The van der Waals surface area contributed by atoms with E-state index in [0.717, 1.165) is 17.8 Å². The van der Waals surface area contributed by atoms with Gasteiger partial charge in [-0.05, 0) is 23.9 Å². The molecule has 0 spiro atoms. The van der Waals surface area contributed by atoms with Crippen LogP contribution in [-0.2, 0) is 4.74 Å². The average molecular weight is 449 g/mol. The van der Waals surface area contributed by atoms with Gasteiger partial charge >= 0.3 is 0 Å². The lowest BCUT2D eigenvalue weighted by molar-refractivity contribution is -0.385. The Kier molecular flexibility index (Phi) is 8.64. The minimum absolute atomic E-state index is 0.121. The molecule has 0 unspecified atom stereocenters. The molecule has 2 amide bonds. The number of amides is 2. The third-order valence-corrected chi connectivity index (χ3v) is 5.08. The third kappa shape index (κ3) is 6.33. The van der Waals surface area contributed by atoms with Crippen LogP contribution in [0.4, 0.5) is 16.2 Å². The summed E-state index contributed by atoms with van der Waals surface area (Å²) in [7, 11) is 6.09. The van der Waals surface area contributed by atoms with Crippen LogP contribution < -0.4 is 14.8 Å². The Hall–Kier alpha value is -3.31. The van der Waals surface area contributed by atoms with Crippen molar-refractivity contribution in [2.75, 3.05) is 46.8 Å². The molecule has 0 fully saturated rings. The molecule has 11 heteroatoms. The molecule has 0 saturated carbocycles. The number of methoxy groups -OCH3 is 2. The summed E-state index contributed by atoms with van der Waals surface area (Å²) >= 11 is 0.929. The van der Waals surface area contributed by atoms with Crippen LogP contribution in [0.25, 0.3) is 0 Å². The van der Waals surface area contributed by atoms with Crippen molar-refractivity contribution in [3.63, 3.8) is 0 Å². The molecular weight excluding hydrogens is 426 g/mol. The Morgan fingerprint density at radius 3 is 2.45 bits per heavy atom. The summed E-state index contributed by atoms with van der Waals surface area (Å²) in [5.74, 6) is -0.438. The number of ether oxygens (including phenoxy) is 3. The first-order valence-corrected chi connectivity index (χ1v) is 9.87. The van der Waals surface area contributed by atoms with E-state index in [1.54, 1.807) is 38.4 Å². The molecule has 0 heterocycles. The lowest BCUT2D eigenvalue weighted by Crippen LogP contribution is -2.18. The van der Waals surface area contributed by atoms with Crippen molar-refractivity contribution < 1.29 is 28.7 Å². The van der Waals surface area contributed by atoms with E-state index in [-0.39, 0.29) is 35.5 Å². The van der Waals surface area contributed by atoms with E-state index in [4.69, 9.17) is 14.2 Å². The number of nitro benzene ring substituents is 1. The van der Waals surface area contributed by atoms with Crippen molar-refractivity contribution in [1.82, 2.24) is 4.90 Å². The van der Waals surface area contributed by atoms with Crippen molar-refractivity contribution >= 4 is 34.3 Å². The molecule has 31 heavy (non-hydrogen) atoms. The van der Waals surface area contributed by atoms with Gasteiger partial charge in [-0.15, -0.1) is 0 Å². The maximum absolute atomic E-state index is 12.9. The van der Waals surface area contributed by atoms with Gasteiger partial charge in [0.15, 0.2) is 11.5 Å². The normalized spacial score (nSPS) is 10.3. The van der Waals surface area contributed by atoms with Crippen LogP contribution in [0.15, 0.2) is 41.3 Å². The van der Waals surface area contributed by atoms with E-state index in [1.165, 1.54) is 25.2 Å². The highest BCUT2D eigenvalue weighted by Gasteiger charge is 2.25. The summed E-state index contributed by atoms with van der Waals surface area (Å²) in [5, 5.41) is 14.0. The first kappa shape index (κ1) is 24.0. The molecule has 2 aromatic rings. The minimum Gasteiger partial charge on any atom is -0.493 e. The topological polar surface area (TPSA) is 120 Å². The molecule has 0 radical (unpaired) electrons. The monoisotopic (exact) mass is 449 g/mol. The number of carbonyl (C=O) groups is 2.